The van der Waals surface area contributed by atoms with Crippen molar-refractivity contribution in [2.45, 2.75) is 71.9 Å². The van der Waals surface area contributed by atoms with Gasteiger partial charge in [-0.1, -0.05) is 0 Å². The molecule has 0 aliphatic carbocycles. The molecule has 2 heteroatoms. The molecule has 0 radical (unpaired) electrons. The molecule has 2 nitrogen and oxygen atoms in total. The van der Waals surface area contributed by atoms with E-state index in [-0.39, 0.29) is 0 Å². The third-order valence-corrected chi connectivity index (χ3v) is 4.11. The monoisotopic (exact) mass is 236 g/mol. The van der Waals surface area contributed by atoms with Crippen molar-refractivity contribution in [3.8, 4) is 0 Å². The summed E-state index contributed by atoms with van der Waals surface area (Å²) in [6, 6.07) is 1.28. The molecule has 17 heavy (non-hydrogen) atoms. The van der Waals surface area contributed by atoms with Crippen LogP contribution in [0, 0.1) is 0 Å². The summed E-state index contributed by atoms with van der Waals surface area (Å²) in [7, 11) is 0. The molecule has 0 atom stereocenters. The number of hydrogen-bond donors (Lipinski definition) is 0. The van der Waals surface area contributed by atoms with Crippen molar-refractivity contribution < 1.29 is 0 Å². The van der Waals surface area contributed by atoms with Crippen molar-refractivity contribution in [3.05, 3.63) is 11.4 Å². The summed E-state index contributed by atoms with van der Waals surface area (Å²) in [5.74, 6) is 1.60. The average Bonchev–Trinajstić information content (AvgIpc) is 2.50. The van der Waals surface area contributed by atoms with Crippen LogP contribution in [0.3, 0.4) is 0 Å². The lowest BCUT2D eigenvalue weighted by atomic mass is 9.99. The van der Waals surface area contributed by atoms with Crippen LogP contribution in [0.25, 0.3) is 0 Å². The Hall–Kier alpha value is -0.660. The molecule has 2 rings (SSSR count). The van der Waals surface area contributed by atoms with Crippen LogP contribution in [-0.4, -0.2) is 35.0 Å². The summed E-state index contributed by atoms with van der Waals surface area (Å²) in [6.07, 6.45) is 6.76. The van der Waals surface area contributed by atoms with Crippen LogP contribution in [0.2, 0.25) is 0 Å². The Morgan fingerprint density at radius 1 is 0.765 bits per heavy atom. The summed E-state index contributed by atoms with van der Waals surface area (Å²) in [5.41, 5.74) is 1.73. The Balaban J connectivity index is 2.33. The molecule has 2 aliphatic rings. The summed E-state index contributed by atoms with van der Waals surface area (Å²) < 4.78 is 0. The number of rotatable bonds is 2. The first kappa shape index (κ1) is 12.8. The van der Waals surface area contributed by atoms with Crippen molar-refractivity contribution in [1.82, 2.24) is 9.80 Å². The van der Waals surface area contributed by atoms with Gasteiger partial charge >= 0.3 is 0 Å². The lowest BCUT2D eigenvalue weighted by Gasteiger charge is -2.43. The minimum absolute atomic E-state index is 0.637. The van der Waals surface area contributed by atoms with Gasteiger partial charge in [0.15, 0.2) is 0 Å². The maximum absolute atomic E-state index is 2.65. The Morgan fingerprint density at radius 3 is 1.88 bits per heavy atom. The molecule has 0 bridgehead atoms. The highest BCUT2D eigenvalue weighted by molar-refractivity contribution is 5.18. The SMILES string of the molecule is CC(C)N1CCCCC2=C1N(C(C)C)CCC2. The van der Waals surface area contributed by atoms with E-state index in [9.17, 15) is 0 Å². The number of nitrogens with zero attached hydrogens (tertiary/aromatic N) is 2. The summed E-state index contributed by atoms with van der Waals surface area (Å²) in [5, 5.41) is 0. The van der Waals surface area contributed by atoms with Gasteiger partial charge in [-0.15, -0.1) is 0 Å². The van der Waals surface area contributed by atoms with Gasteiger partial charge in [0, 0.05) is 25.2 Å². The second-order valence-corrected chi connectivity index (χ2v) is 6.06. The second-order valence-electron chi connectivity index (χ2n) is 6.06. The summed E-state index contributed by atoms with van der Waals surface area (Å²) >= 11 is 0. The largest absolute Gasteiger partial charge is 0.356 e. The summed E-state index contributed by atoms with van der Waals surface area (Å²) in [4.78, 5) is 5.30. The van der Waals surface area contributed by atoms with Crippen LogP contribution in [0.5, 0.6) is 0 Å². The molecule has 0 aromatic rings. The van der Waals surface area contributed by atoms with Crippen LogP contribution < -0.4 is 0 Å². The van der Waals surface area contributed by atoms with Crippen molar-refractivity contribution in [1.29, 1.82) is 0 Å². The molecule has 0 aromatic heterocycles. The van der Waals surface area contributed by atoms with E-state index in [1.54, 1.807) is 11.4 Å². The average molecular weight is 236 g/mol. The molecule has 2 aliphatic heterocycles. The molecule has 0 unspecified atom stereocenters. The van der Waals surface area contributed by atoms with Gasteiger partial charge < -0.3 is 9.80 Å². The topological polar surface area (TPSA) is 6.48 Å². The van der Waals surface area contributed by atoms with Crippen LogP contribution in [0.15, 0.2) is 11.4 Å². The Kier molecular flexibility index (Phi) is 4.01. The van der Waals surface area contributed by atoms with Crippen molar-refractivity contribution in [2.24, 2.45) is 0 Å². The van der Waals surface area contributed by atoms with Gasteiger partial charge in [-0.05, 0) is 65.4 Å². The van der Waals surface area contributed by atoms with Crippen LogP contribution in [-0.2, 0) is 0 Å². The normalized spacial score (nSPS) is 22.2. The third kappa shape index (κ3) is 2.61. The van der Waals surface area contributed by atoms with Gasteiger partial charge in [0.1, 0.15) is 5.82 Å². The Bertz CT molecular complexity index is 291. The molecule has 0 saturated carbocycles. The minimum atomic E-state index is 0.637. The van der Waals surface area contributed by atoms with E-state index >= 15 is 0 Å². The lowest BCUT2D eigenvalue weighted by molar-refractivity contribution is 0.142. The maximum Gasteiger partial charge on any atom is 0.104 e. The minimum Gasteiger partial charge on any atom is -0.356 e. The lowest BCUT2D eigenvalue weighted by Crippen LogP contribution is -2.45. The zero-order chi connectivity index (χ0) is 12.4. The highest BCUT2D eigenvalue weighted by Crippen LogP contribution is 2.33. The first-order valence-corrected chi connectivity index (χ1v) is 7.36. The van der Waals surface area contributed by atoms with E-state index in [0.717, 1.165) is 0 Å². The summed E-state index contributed by atoms with van der Waals surface area (Å²) in [6.45, 7) is 11.8. The number of hydrogen-bond acceptors (Lipinski definition) is 2. The predicted octanol–water partition coefficient (Wildman–Crippen LogP) is 3.60. The zero-order valence-electron chi connectivity index (χ0n) is 12.0. The van der Waals surface area contributed by atoms with Crippen molar-refractivity contribution in [2.75, 3.05) is 13.1 Å². The molecule has 0 N–H and O–H groups in total. The Labute approximate surface area is 107 Å². The first-order valence-electron chi connectivity index (χ1n) is 7.36. The van der Waals surface area contributed by atoms with Crippen LogP contribution in [0.4, 0.5) is 0 Å². The fourth-order valence-electron chi connectivity index (χ4n) is 3.22. The predicted molar refractivity (Wildman–Crippen MR) is 73.8 cm³/mol. The molecular weight excluding hydrogens is 208 g/mol. The van der Waals surface area contributed by atoms with Gasteiger partial charge in [-0.3, -0.25) is 0 Å². The molecule has 0 aromatic carbocycles. The van der Waals surface area contributed by atoms with E-state index < -0.39 is 0 Å². The van der Waals surface area contributed by atoms with E-state index in [1.165, 1.54) is 45.2 Å². The van der Waals surface area contributed by atoms with E-state index in [0.29, 0.717) is 12.1 Å². The quantitative estimate of drug-likeness (QED) is 0.723. The van der Waals surface area contributed by atoms with Crippen LogP contribution >= 0.6 is 0 Å². The van der Waals surface area contributed by atoms with E-state index in [4.69, 9.17) is 0 Å². The fraction of sp³-hybridized carbons (Fsp3) is 0.867. The maximum atomic E-state index is 2.65. The highest BCUT2D eigenvalue weighted by Gasteiger charge is 2.28. The molecule has 2 heterocycles. The standard InChI is InChI=1S/C15H28N2/c1-12(2)16-10-6-5-8-14-9-7-11-17(13(3)4)15(14)16/h12-13H,5-11H2,1-4H3. The number of allylic oxidation sites excluding steroid dienone is 1. The van der Waals surface area contributed by atoms with Crippen molar-refractivity contribution >= 4 is 0 Å². The van der Waals surface area contributed by atoms with Gasteiger partial charge in [0.25, 0.3) is 0 Å². The molecule has 0 fully saturated rings. The molecular formula is C15H28N2. The van der Waals surface area contributed by atoms with E-state index in [2.05, 4.69) is 37.5 Å². The van der Waals surface area contributed by atoms with E-state index in [1.807, 2.05) is 0 Å². The highest BCUT2D eigenvalue weighted by atomic mass is 15.4. The smallest absolute Gasteiger partial charge is 0.104 e. The van der Waals surface area contributed by atoms with Gasteiger partial charge in [0.05, 0.1) is 0 Å². The molecule has 0 saturated heterocycles. The van der Waals surface area contributed by atoms with Crippen LogP contribution in [0.1, 0.15) is 59.8 Å². The molecule has 0 spiro atoms. The molecule has 98 valence electrons. The second kappa shape index (κ2) is 5.32. The van der Waals surface area contributed by atoms with Gasteiger partial charge in [-0.2, -0.15) is 0 Å². The van der Waals surface area contributed by atoms with Crippen molar-refractivity contribution in [3.63, 3.8) is 0 Å². The zero-order valence-corrected chi connectivity index (χ0v) is 12.0. The van der Waals surface area contributed by atoms with Gasteiger partial charge in [0.2, 0.25) is 0 Å². The third-order valence-electron chi connectivity index (χ3n) is 4.11. The van der Waals surface area contributed by atoms with Gasteiger partial charge in [-0.25, -0.2) is 0 Å². The molecule has 0 amide bonds. The Morgan fingerprint density at radius 2 is 1.29 bits per heavy atom. The fourth-order valence-corrected chi connectivity index (χ4v) is 3.22. The first-order chi connectivity index (χ1) is 8.11.